The number of rotatable bonds is 3. The molecule has 1 nitrogen and oxygen atoms in total. The highest BCUT2D eigenvalue weighted by Gasteiger charge is 2.36. The molecule has 1 aromatic carbocycles. The molecule has 0 bridgehead atoms. The summed E-state index contributed by atoms with van der Waals surface area (Å²) >= 11 is 3.10. The van der Waals surface area contributed by atoms with Crippen LogP contribution in [-0.2, 0) is 11.0 Å². The maximum absolute atomic E-state index is 6.17. The summed E-state index contributed by atoms with van der Waals surface area (Å²) in [4.78, 5) is 2.72. The molecule has 0 unspecified atom stereocenters. The van der Waals surface area contributed by atoms with E-state index in [9.17, 15) is 0 Å². The zero-order chi connectivity index (χ0) is 13.8. The predicted molar refractivity (Wildman–Crippen MR) is 84.2 cm³/mol. The summed E-state index contributed by atoms with van der Waals surface area (Å²) in [7, 11) is -1.65. The zero-order valence-corrected chi connectivity index (χ0v) is 14.4. The van der Waals surface area contributed by atoms with E-state index in [-0.39, 0.29) is 5.04 Å². The van der Waals surface area contributed by atoms with Gasteiger partial charge >= 0.3 is 0 Å². The highest BCUT2D eigenvalue weighted by Crippen LogP contribution is 2.37. The minimum Gasteiger partial charge on any atom is -0.413 e. The molecule has 0 aliphatic rings. The number of hydrogen-bond acceptors (Lipinski definition) is 1. The summed E-state index contributed by atoms with van der Waals surface area (Å²) in [5.74, 6) is 2.97. The van der Waals surface area contributed by atoms with Crippen LogP contribution in [0.25, 0.3) is 0 Å². The number of halogens is 1. The average molecular weight is 325 g/mol. The Hall–Kier alpha value is -0.563. The molecule has 0 atom stereocenters. The molecule has 0 aliphatic heterocycles. The van der Waals surface area contributed by atoms with Crippen LogP contribution in [0.15, 0.2) is 24.3 Å². The first-order chi connectivity index (χ1) is 8.26. The first-order valence-corrected chi connectivity index (χ1v) is 9.81. The molecule has 0 saturated heterocycles. The molecule has 3 heteroatoms. The van der Waals surface area contributed by atoms with E-state index in [1.165, 1.54) is 5.56 Å². The van der Waals surface area contributed by atoms with Crippen molar-refractivity contribution in [3.05, 3.63) is 35.4 Å². The highest BCUT2D eigenvalue weighted by molar-refractivity contribution is 9.12. The largest absolute Gasteiger partial charge is 0.413 e. The van der Waals surface area contributed by atoms with Crippen molar-refractivity contribution in [2.24, 2.45) is 0 Å². The van der Waals surface area contributed by atoms with Crippen LogP contribution in [0, 0.1) is 10.8 Å². The van der Waals surface area contributed by atoms with Crippen molar-refractivity contribution in [1.29, 1.82) is 0 Å². The molecule has 0 aliphatic carbocycles. The van der Waals surface area contributed by atoms with Crippen molar-refractivity contribution in [3.63, 3.8) is 0 Å². The molecule has 1 aromatic rings. The van der Waals surface area contributed by atoms with E-state index in [4.69, 9.17) is 4.43 Å². The van der Waals surface area contributed by atoms with E-state index in [1.54, 1.807) is 0 Å². The Bertz CT molecular complexity index is 446. The maximum Gasteiger partial charge on any atom is 0.192 e. The van der Waals surface area contributed by atoms with E-state index < -0.39 is 8.32 Å². The third-order valence-electron chi connectivity index (χ3n) is 3.55. The standard InChI is InChI=1S/C15H21BrOSi/c1-15(2,3)18(4,5)17-12-14-8-6-13(7-9-14)10-11-16/h6-9H,12H2,1-5H3. The van der Waals surface area contributed by atoms with Gasteiger partial charge in [-0.2, -0.15) is 0 Å². The Morgan fingerprint density at radius 1 is 1.17 bits per heavy atom. The summed E-state index contributed by atoms with van der Waals surface area (Å²) in [6.07, 6.45) is 0. The molecule has 0 N–H and O–H groups in total. The summed E-state index contributed by atoms with van der Waals surface area (Å²) in [5.41, 5.74) is 2.22. The van der Waals surface area contributed by atoms with Crippen LogP contribution >= 0.6 is 15.9 Å². The van der Waals surface area contributed by atoms with E-state index in [0.29, 0.717) is 6.61 Å². The van der Waals surface area contributed by atoms with Crippen molar-refractivity contribution in [3.8, 4) is 10.8 Å². The van der Waals surface area contributed by atoms with Crippen molar-refractivity contribution < 1.29 is 4.43 Å². The fourth-order valence-corrected chi connectivity index (χ4v) is 2.41. The van der Waals surface area contributed by atoms with Gasteiger partial charge in [0.05, 0.1) is 6.61 Å². The minimum absolute atomic E-state index is 0.258. The van der Waals surface area contributed by atoms with Crippen LogP contribution in [0.5, 0.6) is 0 Å². The molecule has 0 heterocycles. The Balaban J connectivity index is 2.66. The molecule has 1 rings (SSSR count). The fraction of sp³-hybridized carbons (Fsp3) is 0.467. The lowest BCUT2D eigenvalue weighted by Gasteiger charge is -2.36. The van der Waals surface area contributed by atoms with Gasteiger partial charge in [0.2, 0.25) is 0 Å². The molecule has 98 valence electrons. The molecule has 18 heavy (non-hydrogen) atoms. The van der Waals surface area contributed by atoms with E-state index in [2.05, 4.69) is 72.7 Å². The topological polar surface area (TPSA) is 9.23 Å². The van der Waals surface area contributed by atoms with Gasteiger partial charge in [0.1, 0.15) is 0 Å². The van der Waals surface area contributed by atoms with Crippen molar-refractivity contribution in [1.82, 2.24) is 0 Å². The van der Waals surface area contributed by atoms with Crippen molar-refractivity contribution in [2.75, 3.05) is 0 Å². The smallest absolute Gasteiger partial charge is 0.192 e. The molecule has 0 amide bonds. The van der Waals surface area contributed by atoms with Gasteiger partial charge in [-0.05, 0) is 40.7 Å². The second kappa shape index (κ2) is 6.05. The molecule has 0 saturated carbocycles. The summed E-state index contributed by atoms with van der Waals surface area (Å²) < 4.78 is 6.17. The lowest BCUT2D eigenvalue weighted by molar-refractivity contribution is 0.276. The van der Waals surface area contributed by atoms with Crippen LogP contribution in [0.3, 0.4) is 0 Å². The molecular weight excluding hydrogens is 304 g/mol. The molecule has 0 radical (unpaired) electrons. The van der Waals surface area contributed by atoms with E-state index >= 15 is 0 Å². The van der Waals surface area contributed by atoms with Gasteiger partial charge in [0, 0.05) is 21.5 Å². The minimum atomic E-state index is -1.65. The lowest BCUT2D eigenvalue weighted by atomic mass is 10.1. The Labute approximate surface area is 120 Å². The van der Waals surface area contributed by atoms with Gasteiger partial charge in [-0.25, -0.2) is 0 Å². The van der Waals surface area contributed by atoms with Gasteiger partial charge in [0.25, 0.3) is 0 Å². The Kier molecular flexibility index (Phi) is 5.21. The SMILES string of the molecule is CC(C)(C)[Si](C)(C)OCc1ccc(C#CBr)cc1. The molecule has 0 spiro atoms. The molecular formula is C15H21BrOSi. The van der Waals surface area contributed by atoms with Gasteiger partial charge < -0.3 is 4.43 Å². The summed E-state index contributed by atoms with van der Waals surface area (Å²) in [6, 6.07) is 8.22. The van der Waals surface area contributed by atoms with Crippen LogP contribution in [0.1, 0.15) is 31.9 Å². The highest BCUT2D eigenvalue weighted by atomic mass is 79.9. The summed E-state index contributed by atoms with van der Waals surface area (Å²) in [5, 5.41) is 0.258. The van der Waals surface area contributed by atoms with Gasteiger partial charge in [-0.1, -0.05) is 38.8 Å². The van der Waals surface area contributed by atoms with E-state index in [1.807, 2.05) is 12.1 Å². The second-order valence-electron chi connectivity index (χ2n) is 5.97. The zero-order valence-electron chi connectivity index (χ0n) is 11.8. The first-order valence-electron chi connectivity index (χ1n) is 6.11. The van der Waals surface area contributed by atoms with Crippen molar-refractivity contribution >= 4 is 24.2 Å². The average Bonchev–Trinajstić information content (AvgIpc) is 2.27. The van der Waals surface area contributed by atoms with Crippen LogP contribution in [0.4, 0.5) is 0 Å². The molecule has 0 aromatic heterocycles. The van der Waals surface area contributed by atoms with Crippen LogP contribution in [-0.4, -0.2) is 8.32 Å². The third kappa shape index (κ3) is 4.27. The Morgan fingerprint density at radius 2 is 1.72 bits per heavy atom. The van der Waals surface area contributed by atoms with Crippen molar-refractivity contribution in [2.45, 2.75) is 45.5 Å². The predicted octanol–water partition coefficient (Wildman–Crippen LogP) is 4.91. The number of hydrogen-bond donors (Lipinski definition) is 0. The quantitative estimate of drug-likeness (QED) is 0.566. The second-order valence-corrected chi connectivity index (χ2v) is 11.2. The van der Waals surface area contributed by atoms with Gasteiger partial charge in [-0.3, -0.25) is 0 Å². The number of benzene rings is 1. The normalized spacial score (nSPS) is 11.9. The monoisotopic (exact) mass is 324 g/mol. The van der Waals surface area contributed by atoms with Crippen LogP contribution in [0.2, 0.25) is 18.1 Å². The Morgan fingerprint density at radius 3 is 2.17 bits per heavy atom. The lowest BCUT2D eigenvalue weighted by Crippen LogP contribution is -2.40. The fourth-order valence-electron chi connectivity index (χ4n) is 1.22. The molecule has 0 fully saturated rings. The first kappa shape index (κ1) is 15.5. The van der Waals surface area contributed by atoms with Crippen LogP contribution < -0.4 is 0 Å². The van der Waals surface area contributed by atoms with Gasteiger partial charge in [0.15, 0.2) is 8.32 Å². The van der Waals surface area contributed by atoms with Gasteiger partial charge in [-0.15, -0.1) is 0 Å². The third-order valence-corrected chi connectivity index (χ3v) is 8.23. The van der Waals surface area contributed by atoms with E-state index in [0.717, 1.165) is 5.56 Å². The summed E-state index contributed by atoms with van der Waals surface area (Å²) in [6.45, 7) is 12.0. The maximum atomic E-state index is 6.17.